The summed E-state index contributed by atoms with van der Waals surface area (Å²) in [4.78, 5) is 24.3. The Morgan fingerprint density at radius 2 is 2.00 bits per heavy atom. The van der Waals surface area contributed by atoms with Crippen LogP contribution in [0.15, 0.2) is 36.1 Å². The SMILES string of the molecule is COC(=O)C1=COC2COC(O)C2C1CC(=O)OCCc1ccc(O)cc1. The minimum atomic E-state index is -1.13. The number of aliphatic hydroxyl groups excluding tert-OH is 1. The molecule has 0 aliphatic carbocycles. The summed E-state index contributed by atoms with van der Waals surface area (Å²) in [5.41, 5.74) is 1.10. The summed E-state index contributed by atoms with van der Waals surface area (Å²) in [7, 11) is 1.24. The van der Waals surface area contributed by atoms with E-state index in [0.717, 1.165) is 5.56 Å². The van der Waals surface area contributed by atoms with Crippen molar-refractivity contribution >= 4 is 11.9 Å². The Balaban J connectivity index is 1.60. The van der Waals surface area contributed by atoms with Crippen molar-refractivity contribution in [3.05, 3.63) is 41.7 Å². The molecule has 0 spiro atoms. The van der Waals surface area contributed by atoms with E-state index in [1.54, 1.807) is 24.3 Å². The van der Waals surface area contributed by atoms with Gasteiger partial charge >= 0.3 is 11.9 Å². The van der Waals surface area contributed by atoms with Gasteiger partial charge in [-0.2, -0.15) is 0 Å². The molecule has 0 amide bonds. The van der Waals surface area contributed by atoms with Crippen LogP contribution in [0.5, 0.6) is 5.75 Å². The highest BCUT2D eigenvalue weighted by atomic mass is 16.6. The van der Waals surface area contributed by atoms with E-state index in [-0.39, 0.29) is 31.0 Å². The quantitative estimate of drug-likeness (QED) is 0.703. The lowest BCUT2D eigenvalue weighted by Crippen LogP contribution is -2.40. The normalized spacial score (nSPS) is 26.5. The minimum Gasteiger partial charge on any atom is -0.508 e. The number of hydrogen-bond acceptors (Lipinski definition) is 8. The van der Waals surface area contributed by atoms with Crippen LogP contribution in [0.2, 0.25) is 0 Å². The van der Waals surface area contributed by atoms with Crippen LogP contribution < -0.4 is 0 Å². The lowest BCUT2D eigenvalue weighted by molar-refractivity contribution is -0.148. The van der Waals surface area contributed by atoms with Crippen molar-refractivity contribution < 1.29 is 38.7 Å². The van der Waals surface area contributed by atoms with E-state index in [2.05, 4.69) is 0 Å². The van der Waals surface area contributed by atoms with Crippen molar-refractivity contribution in [3.8, 4) is 5.75 Å². The Morgan fingerprint density at radius 1 is 1.26 bits per heavy atom. The standard InChI is InChI=1S/C19H22O8/c1-24-18(22)14-9-26-15-10-27-19(23)17(15)13(14)8-16(21)25-7-6-11-2-4-12(20)5-3-11/h2-5,9,13,15,17,19-20,23H,6-8,10H2,1H3. The maximum Gasteiger partial charge on any atom is 0.337 e. The highest BCUT2D eigenvalue weighted by molar-refractivity contribution is 5.90. The smallest absolute Gasteiger partial charge is 0.337 e. The Kier molecular flexibility index (Phi) is 5.98. The molecule has 0 radical (unpaired) electrons. The highest BCUT2D eigenvalue weighted by Gasteiger charge is 2.49. The van der Waals surface area contributed by atoms with Gasteiger partial charge in [0.15, 0.2) is 6.29 Å². The monoisotopic (exact) mass is 378 g/mol. The van der Waals surface area contributed by atoms with Crippen LogP contribution in [0.25, 0.3) is 0 Å². The van der Waals surface area contributed by atoms with Gasteiger partial charge in [-0.3, -0.25) is 4.79 Å². The Hall–Kier alpha value is -2.58. The van der Waals surface area contributed by atoms with E-state index in [0.29, 0.717) is 6.42 Å². The number of carbonyl (C=O) groups excluding carboxylic acids is 2. The van der Waals surface area contributed by atoms with Crippen molar-refractivity contribution in [2.24, 2.45) is 11.8 Å². The lowest BCUT2D eigenvalue weighted by Gasteiger charge is -2.32. The first kappa shape index (κ1) is 19.2. The second kappa shape index (κ2) is 8.41. The Morgan fingerprint density at radius 3 is 2.70 bits per heavy atom. The molecule has 146 valence electrons. The summed E-state index contributed by atoms with van der Waals surface area (Å²) in [6.45, 7) is 0.348. The number of benzene rings is 1. The van der Waals surface area contributed by atoms with Crippen LogP contribution >= 0.6 is 0 Å². The molecule has 0 saturated carbocycles. The number of phenols is 1. The average molecular weight is 378 g/mol. The van der Waals surface area contributed by atoms with Crippen LogP contribution in [-0.4, -0.2) is 54.9 Å². The fraction of sp³-hybridized carbons (Fsp3) is 0.474. The Labute approximate surface area is 156 Å². The van der Waals surface area contributed by atoms with Crippen LogP contribution in [0.4, 0.5) is 0 Å². The molecule has 3 rings (SSSR count). The van der Waals surface area contributed by atoms with Crippen LogP contribution in [0, 0.1) is 11.8 Å². The number of esters is 2. The predicted molar refractivity (Wildman–Crippen MR) is 91.3 cm³/mol. The molecule has 27 heavy (non-hydrogen) atoms. The van der Waals surface area contributed by atoms with Gasteiger partial charge in [-0.25, -0.2) is 4.79 Å². The van der Waals surface area contributed by atoms with Crippen LogP contribution in [0.3, 0.4) is 0 Å². The van der Waals surface area contributed by atoms with E-state index in [1.807, 2.05) is 0 Å². The first-order valence-corrected chi connectivity index (χ1v) is 8.66. The fourth-order valence-electron chi connectivity index (χ4n) is 3.39. The zero-order valence-electron chi connectivity index (χ0n) is 14.9. The number of phenolic OH excluding ortho intramolecular Hbond substituents is 1. The first-order chi connectivity index (χ1) is 13.0. The molecule has 1 aromatic rings. The highest BCUT2D eigenvalue weighted by Crippen LogP contribution is 2.40. The first-order valence-electron chi connectivity index (χ1n) is 8.66. The number of hydrogen-bond donors (Lipinski definition) is 2. The van der Waals surface area contributed by atoms with Crippen molar-refractivity contribution in [2.75, 3.05) is 20.3 Å². The molecule has 1 fully saturated rings. The second-order valence-electron chi connectivity index (χ2n) is 6.49. The number of aromatic hydroxyl groups is 1. The summed E-state index contributed by atoms with van der Waals surface area (Å²) < 4.78 is 20.7. The molecule has 2 aliphatic rings. The van der Waals surface area contributed by atoms with Gasteiger partial charge in [0.25, 0.3) is 0 Å². The van der Waals surface area contributed by atoms with E-state index < -0.39 is 36.2 Å². The van der Waals surface area contributed by atoms with Crippen molar-refractivity contribution in [1.29, 1.82) is 0 Å². The maximum atomic E-state index is 12.3. The molecular formula is C19H22O8. The number of fused-ring (bicyclic) bond motifs is 1. The number of ether oxygens (including phenoxy) is 4. The Bertz CT molecular complexity index is 711. The van der Waals surface area contributed by atoms with E-state index in [9.17, 15) is 19.8 Å². The van der Waals surface area contributed by atoms with Gasteiger partial charge in [-0.1, -0.05) is 12.1 Å². The number of methoxy groups -OCH3 is 1. The van der Waals surface area contributed by atoms with E-state index >= 15 is 0 Å². The van der Waals surface area contributed by atoms with Crippen molar-refractivity contribution in [1.82, 2.24) is 0 Å². The third-order valence-electron chi connectivity index (χ3n) is 4.82. The summed E-state index contributed by atoms with van der Waals surface area (Å²) >= 11 is 0. The van der Waals surface area contributed by atoms with Crippen LogP contribution in [-0.2, 0) is 35.0 Å². The van der Waals surface area contributed by atoms with Gasteiger partial charge in [-0.05, 0) is 17.7 Å². The third kappa shape index (κ3) is 4.40. The molecule has 1 aromatic carbocycles. The molecule has 8 nitrogen and oxygen atoms in total. The largest absolute Gasteiger partial charge is 0.508 e. The van der Waals surface area contributed by atoms with Gasteiger partial charge in [0.05, 0.1) is 44.5 Å². The minimum absolute atomic E-state index is 0.0958. The lowest BCUT2D eigenvalue weighted by atomic mass is 9.79. The summed E-state index contributed by atoms with van der Waals surface area (Å²) in [5, 5.41) is 19.3. The van der Waals surface area contributed by atoms with Gasteiger partial charge in [0.2, 0.25) is 0 Å². The third-order valence-corrected chi connectivity index (χ3v) is 4.82. The summed E-state index contributed by atoms with van der Waals surface area (Å²) in [5.74, 6) is -2.10. The molecule has 1 saturated heterocycles. The predicted octanol–water partition coefficient (Wildman–Crippen LogP) is 0.905. The van der Waals surface area contributed by atoms with Crippen molar-refractivity contribution in [2.45, 2.75) is 25.2 Å². The molecular weight excluding hydrogens is 356 g/mol. The maximum absolute atomic E-state index is 12.3. The van der Waals surface area contributed by atoms with Gasteiger partial charge in [0.1, 0.15) is 11.9 Å². The zero-order chi connectivity index (χ0) is 19.4. The van der Waals surface area contributed by atoms with Crippen molar-refractivity contribution in [3.63, 3.8) is 0 Å². The molecule has 8 heteroatoms. The average Bonchev–Trinajstić information content (AvgIpc) is 3.04. The topological polar surface area (TPSA) is 112 Å². The van der Waals surface area contributed by atoms with E-state index in [4.69, 9.17) is 18.9 Å². The molecule has 2 aliphatic heterocycles. The second-order valence-corrected chi connectivity index (χ2v) is 6.49. The van der Waals surface area contributed by atoms with Gasteiger partial charge < -0.3 is 29.2 Å². The summed E-state index contributed by atoms with van der Waals surface area (Å²) in [6, 6.07) is 6.62. The van der Waals surface area contributed by atoms with Gasteiger partial charge in [-0.15, -0.1) is 0 Å². The molecule has 2 N–H and O–H groups in total. The molecule has 4 unspecified atom stereocenters. The number of aliphatic hydroxyl groups is 1. The molecule has 0 aromatic heterocycles. The summed E-state index contributed by atoms with van der Waals surface area (Å²) in [6.07, 6.45) is 0.128. The number of carbonyl (C=O) groups is 2. The molecule has 4 atom stereocenters. The zero-order valence-corrected chi connectivity index (χ0v) is 14.9. The molecule has 0 bridgehead atoms. The number of rotatable bonds is 6. The van der Waals surface area contributed by atoms with E-state index in [1.165, 1.54) is 13.4 Å². The molecule has 2 heterocycles. The van der Waals surface area contributed by atoms with Gasteiger partial charge in [0, 0.05) is 12.3 Å². The fourth-order valence-corrected chi connectivity index (χ4v) is 3.39. The van der Waals surface area contributed by atoms with Crippen LogP contribution in [0.1, 0.15) is 12.0 Å².